The summed E-state index contributed by atoms with van der Waals surface area (Å²) in [7, 11) is 1.84. The first-order chi connectivity index (χ1) is 9.11. The van der Waals surface area contributed by atoms with Gasteiger partial charge in [0.1, 0.15) is 18.0 Å². The van der Waals surface area contributed by atoms with Crippen molar-refractivity contribution in [2.75, 3.05) is 17.7 Å². The summed E-state index contributed by atoms with van der Waals surface area (Å²) in [5.41, 5.74) is 1.90. The average molecular weight is 279 g/mol. The van der Waals surface area contributed by atoms with Crippen LogP contribution in [-0.4, -0.2) is 22.0 Å². The van der Waals surface area contributed by atoms with Crippen LogP contribution in [0.15, 0.2) is 16.5 Å². The third kappa shape index (κ3) is 3.11. The minimum atomic E-state index is -0.0421. The second-order valence-corrected chi connectivity index (χ2v) is 5.26. The van der Waals surface area contributed by atoms with Crippen LogP contribution in [0.5, 0.6) is 0 Å². The summed E-state index contributed by atoms with van der Waals surface area (Å²) >= 11 is 1.16. The van der Waals surface area contributed by atoms with Gasteiger partial charge in [0.2, 0.25) is 0 Å². The molecule has 19 heavy (non-hydrogen) atoms. The van der Waals surface area contributed by atoms with E-state index in [-0.39, 0.29) is 4.87 Å². The van der Waals surface area contributed by atoms with E-state index in [0.29, 0.717) is 12.5 Å². The summed E-state index contributed by atoms with van der Waals surface area (Å²) in [6.45, 7) is 4.73. The number of hydrogen-bond acceptors (Lipinski definition) is 6. The van der Waals surface area contributed by atoms with E-state index in [1.165, 1.54) is 6.33 Å². The van der Waals surface area contributed by atoms with Crippen LogP contribution in [0.3, 0.4) is 0 Å². The van der Waals surface area contributed by atoms with Crippen LogP contribution in [0.2, 0.25) is 0 Å². The number of thiazole rings is 1. The molecule has 0 aliphatic heterocycles. The van der Waals surface area contributed by atoms with E-state index in [9.17, 15) is 4.79 Å². The van der Waals surface area contributed by atoms with Gasteiger partial charge in [-0.25, -0.2) is 9.97 Å². The smallest absolute Gasteiger partial charge is 0.304 e. The lowest BCUT2D eigenvalue weighted by atomic mass is 10.0. The molecule has 0 unspecified atom stereocenters. The summed E-state index contributed by atoms with van der Waals surface area (Å²) in [6, 6.07) is 0. The molecule has 0 saturated heterocycles. The number of aromatic nitrogens is 3. The number of aromatic amines is 1. The zero-order valence-electron chi connectivity index (χ0n) is 11.2. The molecule has 0 aliphatic rings. The van der Waals surface area contributed by atoms with Crippen LogP contribution in [0.1, 0.15) is 31.0 Å². The van der Waals surface area contributed by atoms with E-state index in [4.69, 9.17) is 0 Å². The number of hydrogen-bond donors (Lipinski definition) is 3. The summed E-state index contributed by atoms with van der Waals surface area (Å²) in [4.78, 5) is 22.3. The van der Waals surface area contributed by atoms with Crippen LogP contribution in [0, 0.1) is 0 Å². The van der Waals surface area contributed by atoms with E-state index >= 15 is 0 Å². The molecule has 0 aromatic carbocycles. The van der Waals surface area contributed by atoms with Crippen molar-refractivity contribution >= 4 is 23.0 Å². The fraction of sp³-hybridized carbons (Fsp3) is 0.417. The highest BCUT2D eigenvalue weighted by molar-refractivity contribution is 7.07. The standard InChI is InChI=1S/C12H17N5OS/c1-7(2)9-10(13-3)15-6-16-11(9)14-4-8-5-19-12(18)17-8/h5-7H,4H2,1-3H3,(H,17,18)(H2,13,14,15,16). The van der Waals surface area contributed by atoms with Gasteiger partial charge in [-0.15, -0.1) is 0 Å². The molecule has 0 amide bonds. The molecular formula is C12H17N5OS. The molecule has 102 valence electrons. The zero-order valence-corrected chi connectivity index (χ0v) is 12.0. The first kappa shape index (κ1) is 13.5. The van der Waals surface area contributed by atoms with Gasteiger partial charge in [-0.05, 0) is 5.92 Å². The monoisotopic (exact) mass is 279 g/mol. The van der Waals surface area contributed by atoms with E-state index in [0.717, 1.165) is 34.2 Å². The first-order valence-electron chi connectivity index (χ1n) is 6.05. The van der Waals surface area contributed by atoms with Crippen molar-refractivity contribution in [1.29, 1.82) is 0 Å². The summed E-state index contributed by atoms with van der Waals surface area (Å²) in [5, 5.41) is 8.13. The van der Waals surface area contributed by atoms with Crippen molar-refractivity contribution in [1.82, 2.24) is 15.0 Å². The Morgan fingerprint density at radius 2 is 2.11 bits per heavy atom. The molecule has 2 aromatic heterocycles. The van der Waals surface area contributed by atoms with Crippen molar-refractivity contribution in [3.05, 3.63) is 32.6 Å². The molecule has 0 fully saturated rings. The largest absolute Gasteiger partial charge is 0.373 e. The van der Waals surface area contributed by atoms with Gasteiger partial charge in [-0.1, -0.05) is 25.2 Å². The van der Waals surface area contributed by atoms with Gasteiger partial charge in [0.25, 0.3) is 0 Å². The van der Waals surface area contributed by atoms with Crippen LogP contribution >= 0.6 is 11.3 Å². The van der Waals surface area contributed by atoms with E-state index < -0.39 is 0 Å². The third-order valence-corrected chi connectivity index (χ3v) is 3.43. The van der Waals surface area contributed by atoms with Gasteiger partial charge in [0.05, 0.1) is 6.54 Å². The molecule has 0 radical (unpaired) electrons. The van der Waals surface area contributed by atoms with Gasteiger partial charge < -0.3 is 15.6 Å². The molecule has 7 heteroatoms. The summed E-state index contributed by atoms with van der Waals surface area (Å²) < 4.78 is 0. The maximum atomic E-state index is 11.1. The fourth-order valence-electron chi connectivity index (χ4n) is 1.86. The highest BCUT2D eigenvalue weighted by Crippen LogP contribution is 2.28. The molecule has 3 N–H and O–H groups in total. The Bertz CT molecular complexity index is 604. The van der Waals surface area contributed by atoms with Gasteiger partial charge in [0, 0.05) is 23.7 Å². The predicted octanol–water partition coefficient (Wildman–Crippen LogP) is 2.00. The lowest BCUT2D eigenvalue weighted by molar-refractivity contribution is 0.845. The molecule has 0 aliphatic carbocycles. The lowest BCUT2D eigenvalue weighted by Crippen LogP contribution is -2.10. The van der Waals surface area contributed by atoms with Crippen molar-refractivity contribution in [2.24, 2.45) is 0 Å². The van der Waals surface area contributed by atoms with Crippen molar-refractivity contribution in [2.45, 2.75) is 26.3 Å². The van der Waals surface area contributed by atoms with Crippen LogP contribution in [0.25, 0.3) is 0 Å². The van der Waals surface area contributed by atoms with E-state index in [1.54, 1.807) is 0 Å². The number of rotatable bonds is 5. The Balaban J connectivity index is 2.22. The SMILES string of the molecule is CNc1ncnc(NCc2csc(=O)[nH]2)c1C(C)C. The minimum absolute atomic E-state index is 0.0421. The molecule has 0 saturated carbocycles. The highest BCUT2D eigenvalue weighted by atomic mass is 32.1. The van der Waals surface area contributed by atoms with Gasteiger partial charge >= 0.3 is 4.87 Å². The molecule has 0 atom stereocenters. The normalized spacial score (nSPS) is 10.7. The van der Waals surface area contributed by atoms with Crippen LogP contribution in [0.4, 0.5) is 11.6 Å². The fourth-order valence-corrected chi connectivity index (χ4v) is 2.44. The van der Waals surface area contributed by atoms with E-state index in [2.05, 4.69) is 39.4 Å². The lowest BCUT2D eigenvalue weighted by Gasteiger charge is -2.16. The van der Waals surface area contributed by atoms with Crippen molar-refractivity contribution in [3.8, 4) is 0 Å². The Hall–Kier alpha value is -1.89. The first-order valence-corrected chi connectivity index (χ1v) is 6.93. The average Bonchev–Trinajstić information content (AvgIpc) is 2.81. The predicted molar refractivity (Wildman–Crippen MR) is 77.9 cm³/mol. The maximum absolute atomic E-state index is 11.1. The van der Waals surface area contributed by atoms with Gasteiger partial charge in [0.15, 0.2) is 0 Å². The minimum Gasteiger partial charge on any atom is -0.373 e. The number of anilines is 2. The Labute approximate surface area is 115 Å². The highest BCUT2D eigenvalue weighted by Gasteiger charge is 2.13. The quantitative estimate of drug-likeness (QED) is 0.780. The number of H-pyrrole nitrogens is 1. The topological polar surface area (TPSA) is 82.7 Å². The molecular weight excluding hydrogens is 262 g/mol. The summed E-state index contributed by atoms with van der Waals surface area (Å²) in [5.74, 6) is 1.92. The Morgan fingerprint density at radius 1 is 1.37 bits per heavy atom. The Morgan fingerprint density at radius 3 is 2.68 bits per heavy atom. The van der Waals surface area contributed by atoms with Gasteiger partial charge in [-0.3, -0.25) is 4.79 Å². The zero-order chi connectivity index (χ0) is 13.8. The number of nitrogens with zero attached hydrogens (tertiary/aromatic N) is 2. The Kier molecular flexibility index (Phi) is 4.16. The van der Waals surface area contributed by atoms with Crippen LogP contribution < -0.4 is 15.5 Å². The van der Waals surface area contributed by atoms with Crippen molar-refractivity contribution in [3.63, 3.8) is 0 Å². The molecule has 2 heterocycles. The van der Waals surface area contributed by atoms with E-state index in [1.807, 2.05) is 12.4 Å². The van der Waals surface area contributed by atoms with Crippen molar-refractivity contribution < 1.29 is 0 Å². The molecule has 2 aromatic rings. The second-order valence-electron chi connectivity index (χ2n) is 4.42. The number of nitrogens with one attached hydrogen (secondary N) is 3. The second kappa shape index (κ2) is 5.83. The van der Waals surface area contributed by atoms with Crippen LogP contribution in [-0.2, 0) is 6.54 Å². The molecule has 0 spiro atoms. The molecule has 0 bridgehead atoms. The maximum Gasteiger partial charge on any atom is 0.304 e. The molecule has 2 rings (SSSR count). The summed E-state index contributed by atoms with van der Waals surface area (Å²) in [6.07, 6.45) is 1.52. The van der Waals surface area contributed by atoms with Gasteiger partial charge in [-0.2, -0.15) is 0 Å². The third-order valence-electron chi connectivity index (χ3n) is 2.72. The molecule has 6 nitrogen and oxygen atoms in total.